The van der Waals surface area contributed by atoms with Crippen LogP contribution in [0, 0.1) is 0 Å². The molecule has 0 unspecified atom stereocenters. The number of hydrogen-bond donors (Lipinski definition) is 0. The van der Waals surface area contributed by atoms with Crippen molar-refractivity contribution in [1.82, 2.24) is 0 Å². The Morgan fingerprint density at radius 2 is 1.43 bits per heavy atom. The molecule has 0 N–H and O–H groups in total. The van der Waals surface area contributed by atoms with Crippen molar-refractivity contribution in [3.63, 3.8) is 0 Å². The van der Waals surface area contributed by atoms with Gasteiger partial charge in [-0.25, -0.2) is 9.59 Å². The molecule has 0 aromatic rings. The standard InChI is InChI=1S/C4HCl5O3.2Na.2H/c5-1(6)2(10)12-3(11)4(7,8)9;;;;/h1H;;;;. The molecule has 0 radical (unpaired) electrons. The Balaban J connectivity index is -0.000000605. The first-order chi connectivity index (χ1) is 5.25. The topological polar surface area (TPSA) is 43.4 Å². The normalized spacial score (nSPS) is 9.86. The fourth-order valence-electron chi connectivity index (χ4n) is 0.194. The van der Waals surface area contributed by atoms with Crippen molar-refractivity contribution < 1.29 is 14.3 Å². The van der Waals surface area contributed by atoms with Crippen LogP contribution in [0.1, 0.15) is 0 Å². The third-order valence-corrected chi connectivity index (χ3v) is 1.42. The number of rotatable bonds is 1. The second kappa shape index (κ2) is 9.60. The summed E-state index contributed by atoms with van der Waals surface area (Å²) in [6, 6.07) is 0. The Bertz CT molecular complexity index is 204. The molecule has 0 aliphatic rings. The van der Waals surface area contributed by atoms with Crippen molar-refractivity contribution in [2.75, 3.05) is 0 Å². The number of halogens is 5. The van der Waals surface area contributed by atoms with E-state index in [4.69, 9.17) is 58.0 Å². The van der Waals surface area contributed by atoms with Gasteiger partial charge in [-0.1, -0.05) is 58.0 Å². The molecule has 0 fully saturated rings. The summed E-state index contributed by atoms with van der Waals surface area (Å²) in [5.41, 5.74) is 0. The molecule has 0 aliphatic carbocycles. The van der Waals surface area contributed by atoms with E-state index < -0.39 is 20.6 Å². The van der Waals surface area contributed by atoms with Gasteiger partial charge < -0.3 is 4.74 Å². The number of carbonyl (C=O) groups is 2. The van der Waals surface area contributed by atoms with E-state index in [9.17, 15) is 9.59 Å². The quantitative estimate of drug-likeness (QED) is 0.312. The van der Waals surface area contributed by atoms with Crippen molar-refractivity contribution in [2.45, 2.75) is 8.63 Å². The maximum atomic E-state index is 10.6. The maximum absolute atomic E-state index is 10.6. The van der Waals surface area contributed by atoms with Gasteiger partial charge in [-0.2, -0.15) is 0 Å². The molecule has 0 saturated carbocycles. The number of alkyl halides is 5. The van der Waals surface area contributed by atoms with Crippen LogP contribution in [-0.4, -0.2) is 79.7 Å². The van der Waals surface area contributed by atoms with Crippen molar-refractivity contribution in [1.29, 1.82) is 0 Å². The van der Waals surface area contributed by atoms with Crippen LogP contribution in [0.2, 0.25) is 0 Å². The molecule has 0 bridgehead atoms. The Hall–Kier alpha value is 2.59. The second-order valence-corrected chi connectivity index (χ2v) is 4.88. The molecule has 3 nitrogen and oxygen atoms in total. The molecule has 0 spiro atoms. The number of hydrogen-bond acceptors (Lipinski definition) is 3. The zero-order valence-electron chi connectivity index (χ0n) is 5.19. The molecule has 0 aliphatic heterocycles. The number of ether oxygens (including phenoxy) is 1. The molecular weight excluding hydrogens is 319 g/mol. The van der Waals surface area contributed by atoms with E-state index >= 15 is 0 Å². The predicted molar refractivity (Wildman–Crippen MR) is 61.2 cm³/mol. The first-order valence-corrected chi connectivity index (χ1v) is 4.37. The SMILES string of the molecule is O=C(OC(=O)C(Cl)(Cl)Cl)C(Cl)Cl.[NaH].[NaH]. The molecule has 0 atom stereocenters. The van der Waals surface area contributed by atoms with E-state index in [-0.39, 0.29) is 59.1 Å². The molecule has 0 saturated heterocycles. The zero-order valence-corrected chi connectivity index (χ0v) is 8.97. The van der Waals surface area contributed by atoms with Gasteiger partial charge in [0.2, 0.25) is 4.84 Å². The van der Waals surface area contributed by atoms with Crippen LogP contribution in [-0.2, 0) is 14.3 Å². The molecule has 0 aromatic carbocycles. The van der Waals surface area contributed by atoms with Gasteiger partial charge in [-0.05, 0) is 0 Å². The summed E-state index contributed by atoms with van der Waals surface area (Å²) in [5, 5.41) is 0. The van der Waals surface area contributed by atoms with Gasteiger partial charge in [0.05, 0.1) is 0 Å². The Morgan fingerprint density at radius 3 is 1.64 bits per heavy atom. The summed E-state index contributed by atoms with van der Waals surface area (Å²) < 4.78 is 1.63. The van der Waals surface area contributed by atoms with Crippen LogP contribution < -0.4 is 0 Å². The van der Waals surface area contributed by atoms with Crippen LogP contribution in [0.15, 0.2) is 0 Å². The molecular formula is C4H3Cl5Na2O3. The summed E-state index contributed by atoms with van der Waals surface area (Å²) in [4.78, 5) is 19.7. The van der Waals surface area contributed by atoms with E-state index in [0.29, 0.717) is 0 Å². The summed E-state index contributed by atoms with van der Waals surface area (Å²) in [6.07, 6.45) is 0. The average Bonchev–Trinajstić information content (AvgIpc) is 1.85. The Labute approximate surface area is 150 Å². The molecule has 0 rings (SSSR count). The van der Waals surface area contributed by atoms with Crippen LogP contribution >= 0.6 is 58.0 Å². The van der Waals surface area contributed by atoms with E-state index in [0.717, 1.165) is 0 Å². The van der Waals surface area contributed by atoms with Crippen LogP contribution in [0.4, 0.5) is 0 Å². The molecule has 10 heteroatoms. The average molecular weight is 322 g/mol. The minimum atomic E-state index is -2.31. The van der Waals surface area contributed by atoms with Gasteiger partial charge in [0.25, 0.3) is 3.79 Å². The van der Waals surface area contributed by atoms with Crippen LogP contribution in [0.3, 0.4) is 0 Å². The van der Waals surface area contributed by atoms with Gasteiger partial charge in [0.15, 0.2) is 0 Å². The third-order valence-electron chi connectivity index (χ3n) is 0.603. The van der Waals surface area contributed by atoms with Crippen molar-refractivity contribution in [2.24, 2.45) is 0 Å². The van der Waals surface area contributed by atoms with Gasteiger partial charge in [-0.3, -0.25) is 0 Å². The third kappa shape index (κ3) is 9.79. The predicted octanol–water partition coefficient (Wildman–Crippen LogP) is 0.933. The first kappa shape index (κ1) is 21.8. The van der Waals surface area contributed by atoms with E-state index in [1.807, 2.05) is 0 Å². The number of esters is 2. The van der Waals surface area contributed by atoms with E-state index in [1.54, 1.807) is 0 Å². The monoisotopic (exact) mass is 320 g/mol. The summed E-state index contributed by atoms with van der Waals surface area (Å²) in [5.74, 6) is -2.53. The summed E-state index contributed by atoms with van der Waals surface area (Å²) >= 11 is 25.2. The summed E-state index contributed by atoms with van der Waals surface area (Å²) in [7, 11) is 0. The van der Waals surface area contributed by atoms with Gasteiger partial charge >= 0.3 is 71.1 Å². The number of carbonyl (C=O) groups excluding carboxylic acids is 2. The molecule has 74 valence electrons. The second-order valence-electron chi connectivity index (χ2n) is 1.51. The van der Waals surface area contributed by atoms with Crippen molar-refractivity contribution in [3.8, 4) is 0 Å². The molecule has 0 aromatic heterocycles. The Morgan fingerprint density at radius 1 is 1.07 bits per heavy atom. The first-order valence-electron chi connectivity index (χ1n) is 2.36. The minimum absolute atomic E-state index is 0. The fraction of sp³-hybridized carbons (Fsp3) is 0.500. The van der Waals surface area contributed by atoms with Crippen LogP contribution in [0.5, 0.6) is 0 Å². The zero-order chi connectivity index (χ0) is 9.94. The van der Waals surface area contributed by atoms with E-state index in [2.05, 4.69) is 4.74 Å². The van der Waals surface area contributed by atoms with Gasteiger partial charge in [-0.15, -0.1) is 0 Å². The van der Waals surface area contributed by atoms with E-state index in [1.165, 1.54) is 0 Å². The van der Waals surface area contributed by atoms with Crippen LogP contribution in [0.25, 0.3) is 0 Å². The Kier molecular flexibility index (Phi) is 15.0. The van der Waals surface area contributed by atoms with Crippen molar-refractivity contribution in [3.05, 3.63) is 0 Å². The summed E-state index contributed by atoms with van der Waals surface area (Å²) in [6.45, 7) is 0. The molecule has 14 heavy (non-hydrogen) atoms. The molecule has 0 heterocycles. The molecule has 0 amide bonds. The van der Waals surface area contributed by atoms with Gasteiger partial charge in [0.1, 0.15) is 0 Å². The van der Waals surface area contributed by atoms with Gasteiger partial charge in [0, 0.05) is 0 Å². The van der Waals surface area contributed by atoms with Crippen molar-refractivity contribution >= 4 is 129 Å². The fourth-order valence-corrected chi connectivity index (χ4v) is 0.399.